The van der Waals surface area contributed by atoms with Crippen LogP contribution in [0.25, 0.3) is 0 Å². The van der Waals surface area contributed by atoms with Crippen LogP contribution in [0.5, 0.6) is 5.75 Å². The number of rotatable bonds is 5. The Morgan fingerprint density at radius 1 is 1.35 bits per heavy atom. The van der Waals surface area contributed by atoms with Gasteiger partial charge in [-0.1, -0.05) is 6.07 Å². The summed E-state index contributed by atoms with van der Waals surface area (Å²) in [6, 6.07) is 6.16. The summed E-state index contributed by atoms with van der Waals surface area (Å²) in [5.74, 6) is 0.826. The molecule has 0 bridgehead atoms. The van der Waals surface area contributed by atoms with E-state index in [1.807, 2.05) is 24.0 Å². The minimum absolute atomic E-state index is 0.0639. The number of nitrogens with one attached hydrogen (secondary N) is 1. The Hall–Kier alpha value is -0.850. The Morgan fingerprint density at radius 2 is 2.10 bits per heavy atom. The van der Waals surface area contributed by atoms with Gasteiger partial charge in [0.1, 0.15) is 5.75 Å². The summed E-state index contributed by atoms with van der Waals surface area (Å²) in [6.07, 6.45) is 1.84. The van der Waals surface area contributed by atoms with E-state index in [0.717, 1.165) is 32.5 Å². The van der Waals surface area contributed by atoms with E-state index in [9.17, 15) is 0 Å². The summed E-state index contributed by atoms with van der Waals surface area (Å²) in [7, 11) is 3.61. The van der Waals surface area contributed by atoms with Crippen molar-refractivity contribution < 1.29 is 4.74 Å². The maximum atomic E-state index is 5.28. The first-order chi connectivity index (χ1) is 9.62. The first kappa shape index (κ1) is 15.5. The first-order valence-electron chi connectivity index (χ1n) is 6.34. The van der Waals surface area contributed by atoms with Gasteiger partial charge >= 0.3 is 0 Å². The molecule has 108 valence electrons. The second kappa shape index (κ2) is 6.74. The third-order valence-corrected chi connectivity index (χ3v) is 4.43. The minimum Gasteiger partial charge on any atom is -0.496 e. The molecule has 1 atom stereocenters. The summed E-state index contributed by atoms with van der Waals surface area (Å²) in [6.45, 7) is 2.91. The predicted molar refractivity (Wildman–Crippen MR) is 87.2 cm³/mol. The zero-order chi connectivity index (χ0) is 14.7. The lowest BCUT2D eigenvalue weighted by Gasteiger charge is -2.19. The fourth-order valence-electron chi connectivity index (χ4n) is 2.23. The Morgan fingerprint density at radius 3 is 2.65 bits per heavy atom. The van der Waals surface area contributed by atoms with Crippen LogP contribution in [0.3, 0.4) is 0 Å². The van der Waals surface area contributed by atoms with Crippen molar-refractivity contribution in [3.05, 3.63) is 44.6 Å². The highest BCUT2D eigenvalue weighted by Gasteiger charge is 2.20. The summed E-state index contributed by atoms with van der Waals surface area (Å²) in [5.41, 5.74) is 2.27. The normalized spacial score (nSPS) is 12.4. The Bertz CT molecular complexity index is 598. The molecule has 0 aliphatic carbocycles. The zero-order valence-electron chi connectivity index (χ0n) is 11.7. The van der Waals surface area contributed by atoms with E-state index in [4.69, 9.17) is 4.74 Å². The van der Waals surface area contributed by atoms with Crippen LogP contribution in [0.4, 0.5) is 0 Å². The summed E-state index contributed by atoms with van der Waals surface area (Å²) in [5, 5.41) is 7.73. The van der Waals surface area contributed by atoms with Gasteiger partial charge in [0.2, 0.25) is 0 Å². The standard InChI is InChI=1S/C14H17Br2N3O/c1-4-19-14(11(16)8-18-19)13(17-2)9-5-6-12(20-3)10(15)7-9/h5-8,13,17H,4H2,1-3H3. The molecule has 0 aliphatic rings. The molecule has 0 spiro atoms. The molecule has 0 aliphatic heterocycles. The van der Waals surface area contributed by atoms with Crippen LogP contribution < -0.4 is 10.1 Å². The van der Waals surface area contributed by atoms with E-state index in [-0.39, 0.29) is 6.04 Å². The van der Waals surface area contributed by atoms with E-state index >= 15 is 0 Å². The van der Waals surface area contributed by atoms with Crippen LogP contribution in [0.15, 0.2) is 33.3 Å². The molecule has 1 heterocycles. The Kier molecular flexibility index (Phi) is 5.23. The quantitative estimate of drug-likeness (QED) is 0.827. The highest BCUT2D eigenvalue weighted by Crippen LogP contribution is 2.33. The van der Waals surface area contributed by atoms with Gasteiger partial charge < -0.3 is 10.1 Å². The molecule has 0 saturated carbocycles. The number of nitrogens with zero attached hydrogens (tertiary/aromatic N) is 2. The SMILES string of the molecule is CCn1ncc(Br)c1C(NC)c1ccc(OC)c(Br)c1. The van der Waals surface area contributed by atoms with Gasteiger partial charge in [0.05, 0.1) is 34.0 Å². The number of aromatic nitrogens is 2. The van der Waals surface area contributed by atoms with E-state index in [1.54, 1.807) is 7.11 Å². The lowest BCUT2D eigenvalue weighted by molar-refractivity contribution is 0.411. The van der Waals surface area contributed by atoms with Gasteiger partial charge in [0, 0.05) is 6.54 Å². The van der Waals surface area contributed by atoms with Crippen LogP contribution in [0, 0.1) is 0 Å². The molecule has 1 unspecified atom stereocenters. The lowest BCUT2D eigenvalue weighted by Crippen LogP contribution is -2.22. The number of benzene rings is 1. The number of hydrogen-bond acceptors (Lipinski definition) is 3. The van der Waals surface area contributed by atoms with Crippen molar-refractivity contribution in [2.24, 2.45) is 0 Å². The lowest BCUT2D eigenvalue weighted by atomic mass is 10.0. The molecule has 2 rings (SSSR count). The Balaban J connectivity index is 2.47. The molecular weight excluding hydrogens is 386 g/mol. The van der Waals surface area contributed by atoms with Crippen molar-refractivity contribution in [2.75, 3.05) is 14.2 Å². The summed E-state index contributed by atoms with van der Waals surface area (Å²) in [4.78, 5) is 0. The van der Waals surface area contributed by atoms with E-state index in [2.05, 4.69) is 61.3 Å². The molecule has 0 fully saturated rings. The number of hydrogen-bond donors (Lipinski definition) is 1. The fourth-order valence-corrected chi connectivity index (χ4v) is 3.32. The third-order valence-electron chi connectivity index (χ3n) is 3.20. The molecular formula is C14H17Br2N3O. The fraction of sp³-hybridized carbons (Fsp3) is 0.357. The first-order valence-corrected chi connectivity index (χ1v) is 7.92. The molecule has 6 heteroatoms. The molecule has 1 aromatic heterocycles. The molecule has 0 radical (unpaired) electrons. The van der Waals surface area contributed by atoms with Crippen molar-refractivity contribution >= 4 is 31.9 Å². The number of halogens is 2. The smallest absolute Gasteiger partial charge is 0.133 e. The molecule has 20 heavy (non-hydrogen) atoms. The van der Waals surface area contributed by atoms with Gasteiger partial charge in [-0.15, -0.1) is 0 Å². The number of aryl methyl sites for hydroxylation is 1. The summed E-state index contributed by atoms with van der Waals surface area (Å²) >= 11 is 7.12. The van der Waals surface area contributed by atoms with Gasteiger partial charge in [-0.25, -0.2) is 0 Å². The van der Waals surface area contributed by atoms with Crippen molar-refractivity contribution in [1.29, 1.82) is 0 Å². The van der Waals surface area contributed by atoms with Crippen LogP contribution in [-0.2, 0) is 6.54 Å². The molecule has 4 nitrogen and oxygen atoms in total. The average molecular weight is 403 g/mol. The molecule has 1 aromatic carbocycles. The van der Waals surface area contributed by atoms with Crippen LogP contribution in [0.2, 0.25) is 0 Å². The molecule has 1 N–H and O–H groups in total. The maximum Gasteiger partial charge on any atom is 0.133 e. The van der Waals surface area contributed by atoms with E-state index in [0.29, 0.717) is 0 Å². The van der Waals surface area contributed by atoms with Crippen molar-refractivity contribution in [1.82, 2.24) is 15.1 Å². The van der Waals surface area contributed by atoms with Crippen LogP contribution >= 0.6 is 31.9 Å². The van der Waals surface area contributed by atoms with Gasteiger partial charge in [0.15, 0.2) is 0 Å². The second-order valence-electron chi connectivity index (χ2n) is 4.31. The van der Waals surface area contributed by atoms with E-state index in [1.165, 1.54) is 0 Å². The highest BCUT2D eigenvalue weighted by molar-refractivity contribution is 9.10. The Labute approximate surface area is 135 Å². The third kappa shape index (κ3) is 2.92. The molecule has 0 saturated heterocycles. The van der Waals surface area contributed by atoms with Crippen molar-refractivity contribution in [3.63, 3.8) is 0 Å². The van der Waals surface area contributed by atoms with Crippen molar-refractivity contribution in [2.45, 2.75) is 19.5 Å². The van der Waals surface area contributed by atoms with Gasteiger partial charge in [0.25, 0.3) is 0 Å². The van der Waals surface area contributed by atoms with Crippen LogP contribution in [0.1, 0.15) is 24.2 Å². The van der Waals surface area contributed by atoms with Gasteiger partial charge in [-0.3, -0.25) is 4.68 Å². The number of ether oxygens (including phenoxy) is 1. The zero-order valence-corrected chi connectivity index (χ0v) is 14.8. The number of methoxy groups -OCH3 is 1. The monoisotopic (exact) mass is 401 g/mol. The molecule has 0 amide bonds. The average Bonchev–Trinajstić information content (AvgIpc) is 2.81. The predicted octanol–water partition coefficient (Wildman–Crippen LogP) is 3.75. The second-order valence-corrected chi connectivity index (χ2v) is 6.02. The highest BCUT2D eigenvalue weighted by atomic mass is 79.9. The topological polar surface area (TPSA) is 39.1 Å². The van der Waals surface area contributed by atoms with Gasteiger partial charge in [-0.05, 0) is 63.5 Å². The molecule has 2 aromatic rings. The van der Waals surface area contributed by atoms with Crippen LogP contribution in [-0.4, -0.2) is 23.9 Å². The van der Waals surface area contributed by atoms with Crippen molar-refractivity contribution in [3.8, 4) is 5.75 Å². The van der Waals surface area contributed by atoms with Gasteiger partial charge in [-0.2, -0.15) is 5.10 Å². The largest absolute Gasteiger partial charge is 0.496 e. The maximum absolute atomic E-state index is 5.28. The van der Waals surface area contributed by atoms with E-state index < -0.39 is 0 Å². The summed E-state index contributed by atoms with van der Waals surface area (Å²) < 4.78 is 9.21. The minimum atomic E-state index is 0.0639.